The molecule has 0 radical (unpaired) electrons. The summed E-state index contributed by atoms with van der Waals surface area (Å²) in [4.78, 5) is 0. The maximum atomic E-state index is 10.8. The smallest absolute Gasteiger partial charge is 0.172 e. The van der Waals surface area contributed by atoms with Crippen molar-refractivity contribution in [3.05, 3.63) is 12.2 Å². The van der Waals surface area contributed by atoms with Crippen molar-refractivity contribution < 1.29 is 28.8 Å². The van der Waals surface area contributed by atoms with Crippen molar-refractivity contribution in [1.82, 2.24) is 0 Å². The van der Waals surface area contributed by atoms with Crippen LogP contribution in [-0.2, 0) is 23.7 Å². The Bertz CT molecular complexity index is 610. The summed E-state index contributed by atoms with van der Waals surface area (Å²) >= 11 is 0. The first-order chi connectivity index (χ1) is 13.5. The molecule has 10 atom stereocenters. The highest BCUT2D eigenvalue weighted by molar-refractivity contribution is 5.07. The third-order valence-electron chi connectivity index (χ3n) is 7.45. The van der Waals surface area contributed by atoms with Crippen molar-refractivity contribution in [3.63, 3.8) is 0 Å². The lowest BCUT2D eigenvalue weighted by Crippen LogP contribution is -2.61. The van der Waals surface area contributed by atoms with E-state index in [0.717, 1.165) is 37.7 Å². The summed E-state index contributed by atoms with van der Waals surface area (Å²) in [5.74, 6) is -0.646. The highest BCUT2D eigenvalue weighted by Gasteiger charge is 2.61. The van der Waals surface area contributed by atoms with Crippen LogP contribution < -0.4 is 0 Å². The van der Waals surface area contributed by atoms with Crippen LogP contribution >= 0.6 is 0 Å². The van der Waals surface area contributed by atoms with Crippen LogP contribution in [0.5, 0.6) is 0 Å². The van der Waals surface area contributed by atoms with Gasteiger partial charge in [-0.05, 0) is 37.7 Å². The van der Waals surface area contributed by atoms with Gasteiger partial charge < -0.3 is 28.8 Å². The van der Waals surface area contributed by atoms with E-state index in [1.165, 1.54) is 0 Å². The maximum absolute atomic E-state index is 10.8. The van der Waals surface area contributed by atoms with Crippen molar-refractivity contribution in [2.45, 2.75) is 113 Å². The van der Waals surface area contributed by atoms with E-state index in [-0.39, 0.29) is 48.6 Å². The van der Waals surface area contributed by atoms with Crippen molar-refractivity contribution in [3.8, 4) is 0 Å². The molecule has 6 heteroatoms. The molecule has 0 aromatic heterocycles. The van der Waals surface area contributed by atoms with Gasteiger partial charge in [-0.1, -0.05) is 20.4 Å². The Balaban J connectivity index is 1.37. The van der Waals surface area contributed by atoms with Crippen LogP contribution in [0.15, 0.2) is 12.2 Å². The lowest BCUT2D eigenvalue weighted by molar-refractivity contribution is -0.290. The monoisotopic (exact) mass is 394 g/mol. The Labute approximate surface area is 167 Å². The molecule has 0 aromatic rings. The lowest BCUT2D eigenvalue weighted by Gasteiger charge is -2.50. The number of hydrogen-bond acceptors (Lipinski definition) is 6. The van der Waals surface area contributed by atoms with E-state index in [4.69, 9.17) is 23.7 Å². The SMILES string of the molecule is C=C1COC(CC[C@]23C[C@@H](O)C(O2)[C@@H]2OC4CCC(CC)OC4C(O3)C2C)C1. The molecule has 5 saturated heterocycles. The van der Waals surface area contributed by atoms with E-state index < -0.39 is 11.9 Å². The quantitative estimate of drug-likeness (QED) is 0.740. The number of hydrogen-bond donors (Lipinski definition) is 1. The van der Waals surface area contributed by atoms with Crippen LogP contribution in [-0.4, -0.2) is 66.3 Å². The summed E-state index contributed by atoms with van der Waals surface area (Å²) in [7, 11) is 0. The van der Waals surface area contributed by atoms with Crippen LogP contribution in [0.3, 0.4) is 0 Å². The molecule has 4 bridgehead atoms. The van der Waals surface area contributed by atoms with Crippen molar-refractivity contribution in [2.75, 3.05) is 6.61 Å². The minimum Gasteiger partial charge on any atom is -0.390 e. The van der Waals surface area contributed by atoms with E-state index >= 15 is 0 Å². The Morgan fingerprint density at radius 3 is 2.64 bits per heavy atom. The van der Waals surface area contributed by atoms with Crippen LogP contribution in [0.2, 0.25) is 0 Å². The molecule has 28 heavy (non-hydrogen) atoms. The average molecular weight is 395 g/mol. The molecule has 0 aromatic carbocycles. The molecule has 0 saturated carbocycles. The van der Waals surface area contributed by atoms with Crippen molar-refractivity contribution in [2.24, 2.45) is 5.92 Å². The highest BCUT2D eigenvalue weighted by Crippen LogP contribution is 2.50. The molecule has 5 aliphatic rings. The molecule has 5 rings (SSSR count). The molecule has 1 N–H and O–H groups in total. The van der Waals surface area contributed by atoms with Gasteiger partial charge in [0.05, 0.1) is 43.2 Å². The van der Waals surface area contributed by atoms with Crippen molar-refractivity contribution >= 4 is 0 Å². The van der Waals surface area contributed by atoms with Gasteiger partial charge in [0.2, 0.25) is 0 Å². The normalized spacial score (nSPS) is 53.1. The zero-order valence-corrected chi connectivity index (χ0v) is 17.0. The minimum absolute atomic E-state index is 0.0303. The molecule has 6 nitrogen and oxygen atoms in total. The van der Waals surface area contributed by atoms with E-state index in [1.807, 2.05) is 0 Å². The number of fused-ring (bicyclic) bond motifs is 7. The molecule has 7 unspecified atom stereocenters. The standard InChI is InChI=1S/C22H34O6/c1-4-14-5-6-17-21(25-14)19-13(3)18(26-17)20-16(23)10-22(27-19,28-20)8-7-15-9-12(2)11-24-15/h13-21,23H,2,4-11H2,1,3H3/t13?,14?,15?,16-,17?,18-,19?,20?,21?,22-/m1/s1. The van der Waals surface area contributed by atoms with Gasteiger partial charge in [-0.25, -0.2) is 0 Å². The maximum Gasteiger partial charge on any atom is 0.172 e. The zero-order chi connectivity index (χ0) is 19.5. The second kappa shape index (κ2) is 7.33. The molecule has 5 fully saturated rings. The van der Waals surface area contributed by atoms with Gasteiger partial charge in [-0.2, -0.15) is 0 Å². The molecule has 5 aliphatic heterocycles. The molecular formula is C22H34O6. The predicted molar refractivity (Wildman–Crippen MR) is 102 cm³/mol. The lowest BCUT2D eigenvalue weighted by atomic mass is 9.80. The van der Waals surface area contributed by atoms with E-state index in [9.17, 15) is 5.11 Å². The predicted octanol–water partition coefficient (Wildman–Crippen LogP) is 2.72. The van der Waals surface area contributed by atoms with Gasteiger partial charge in [0.1, 0.15) is 12.2 Å². The summed E-state index contributed by atoms with van der Waals surface area (Å²) in [6.45, 7) is 9.00. The van der Waals surface area contributed by atoms with Gasteiger partial charge in [0, 0.05) is 18.8 Å². The summed E-state index contributed by atoms with van der Waals surface area (Å²) in [6.07, 6.45) is 5.30. The summed E-state index contributed by atoms with van der Waals surface area (Å²) in [5, 5.41) is 10.8. The van der Waals surface area contributed by atoms with E-state index in [1.54, 1.807) is 0 Å². The van der Waals surface area contributed by atoms with Gasteiger partial charge >= 0.3 is 0 Å². The Hall–Kier alpha value is -0.500. The largest absolute Gasteiger partial charge is 0.390 e. The Kier molecular flexibility index (Phi) is 5.09. The first-order valence-corrected chi connectivity index (χ1v) is 11.1. The van der Waals surface area contributed by atoms with E-state index in [0.29, 0.717) is 19.4 Å². The first kappa shape index (κ1) is 19.5. The number of ether oxygens (including phenoxy) is 5. The molecule has 0 spiro atoms. The number of rotatable bonds is 4. The van der Waals surface area contributed by atoms with Gasteiger partial charge in [-0.3, -0.25) is 0 Å². The Morgan fingerprint density at radius 2 is 1.89 bits per heavy atom. The van der Waals surface area contributed by atoms with Crippen LogP contribution in [0, 0.1) is 5.92 Å². The molecular weight excluding hydrogens is 360 g/mol. The average Bonchev–Trinajstić information content (AvgIpc) is 3.23. The molecule has 0 amide bonds. The van der Waals surface area contributed by atoms with Gasteiger partial charge in [0.25, 0.3) is 0 Å². The van der Waals surface area contributed by atoms with Crippen LogP contribution in [0.4, 0.5) is 0 Å². The van der Waals surface area contributed by atoms with Gasteiger partial charge in [-0.15, -0.1) is 0 Å². The number of aliphatic hydroxyl groups excluding tert-OH is 1. The fourth-order valence-electron chi connectivity index (χ4n) is 5.87. The second-order valence-electron chi connectivity index (χ2n) is 9.48. The summed E-state index contributed by atoms with van der Waals surface area (Å²) in [6, 6.07) is 0. The topological polar surface area (TPSA) is 66.4 Å². The van der Waals surface area contributed by atoms with E-state index in [2.05, 4.69) is 20.4 Å². The zero-order valence-electron chi connectivity index (χ0n) is 17.0. The third-order valence-corrected chi connectivity index (χ3v) is 7.45. The van der Waals surface area contributed by atoms with Crippen LogP contribution in [0.1, 0.15) is 58.8 Å². The molecule has 5 heterocycles. The van der Waals surface area contributed by atoms with Gasteiger partial charge in [0.15, 0.2) is 5.79 Å². The molecule has 158 valence electrons. The Morgan fingerprint density at radius 1 is 1.07 bits per heavy atom. The van der Waals surface area contributed by atoms with Crippen molar-refractivity contribution in [1.29, 1.82) is 0 Å². The fraction of sp³-hybridized carbons (Fsp3) is 0.909. The number of aliphatic hydroxyl groups is 1. The minimum atomic E-state index is -0.772. The summed E-state index contributed by atoms with van der Waals surface area (Å²) < 4.78 is 31.8. The highest BCUT2D eigenvalue weighted by atomic mass is 16.7. The fourth-order valence-corrected chi connectivity index (χ4v) is 5.87. The molecule has 0 aliphatic carbocycles. The first-order valence-electron chi connectivity index (χ1n) is 11.1. The van der Waals surface area contributed by atoms with Crippen LogP contribution in [0.25, 0.3) is 0 Å². The summed E-state index contributed by atoms with van der Waals surface area (Å²) in [5.41, 5.74) is 1.15. The third kappa shape index (κ3) is 3.26. The second-order valence-corrected chi connectivity index (χ2v) is 9.48.